The molecule has 0 aliphatic heterocycles. The Bertz CT molecular complexity index is 133. The van der Waals surface area contributed by atoms with Crippen molar-refractivity contribution in [3.05, 3.63) is 0 Å². The van der Waals surface area contributed by atoms with Gasteiger partial charge in [-0.2, -0.15) is 0 Å². The zero-order valence-corrected chi connectivity index (χ0v) is 9.26. The zero-order valence-electron chi connectivity index (χ0n) is 8.51. The number of hydrogen-bond donors (Lipinski definition) is 1. The van der Waals surface area contributed by atoms with E-state index in [0.29, 0.717) is 5.38 Å². The molecule has 78 valence electrons. The molecule has 0 aromatic heterocycles. The van der Waals surface area contributed by atoms with Crippen LogP contribution in [0.25, 0.3) is 0 Å². The molecule has 0 spiro atoms. The molecule has 3 heteroatoms. The van der Waals surface area contributed by atoms with Crippen molar-refractivity contribution >= 4 is 11.6 Å². The van der Waals surface area contributed by atoms with Gasteiger partial charge in [0.05, 0.1) is 0 Å². The molecular weight excluding hydrogens is 184 g/mol. The van der Waals surface area contributed by atoms with Gasteiger partial charge in [0, 0.05) is 24.5 Å². The van der Waals surface area contributed by atoms with E-state index in [9.17, 15) is 0 Å². The second-order valence-corrected chi connectivity index (χ2v) is 4.44. The van der Waals surface area contributed by atoms with Gasteiger partial charge < -0.3 is 5.73 Å². The highest BCUT2D eigenvalue weighted by atomic mass is 35.5. The number of nitrogens with zero attached hydrogens (tertiary/aromatic N) is 1. The molecular formula is C10H21ClN2. The summed E-state index contributed by atoms with van der Waals surface area (Å²) in [5.74, 6) is 0. The van der Waals surface area contributed by atoms with E-state index in [4.69, 9.17) is 17.3 Å². The number of rotatable bonds is 4. The Hall–Kier alpha value is 0.210. The first-order chi connectivity index (χ1) is 6.27. The van der Waals surface area contributed by atoms with E-state index >= 15 is 0 Å². The van der Waals surface area contributed by atoms with Gasteiger partial charge in [-0.15, -0.1) is 11.6 Å². The molecule has 0 saturated heterocycles. The van der Waals surface area contributed by atoms with Gasteiger partial charge in [-0.3, -0.25) is 4.90 Å². The average molecular weight is 205 g/mol. The summed E-state index contributed by atoms with van der Waals surface area (Å²) in [6, 6.07) is 0.739. The van der Waals surface area contributed by atoms with Crippen LogP contribution in [0.2, 0.25) is 0 Å². The topological polar surface area (TPSA) is 29.3 Å². The van der Waals surface area contributed by atoms with Gasteiger partial charge in [0.1, 0.15) is 0 Å². The van der Waals surface area contributed by atoms with Crippen LogP contribution in [0.3, 0.4) is 0 Å². The minimum Gasteiger partial charge on any atom is -0.329 e. The molecule has 0 radical (unpaired) electrons. The third kappa shape index (κ3) is 3.45. The second-order valence-electron chi connectivity index (χ2n) is 3.82. The van der Waals surface area contributed by atoms with Gasteiger partial charge in [-0.05, 0) is 32.2 Å². The minimum atomic E-state index is 0.424. The molecule has 2 N–H and O–H groups in total. The molecule has 1 fully saturated rings. The number of nitrogens with two attached hydrogens (primary N) is 1. The summed E-state index contributed by atoms with van der Waals surface area (Å²) in [5, 5.41) is 0.424. The van der Waals surface area contributed by atoms with Gasteiger partial charge in [0.25, 0.3) is 0 Å². The van der Waals surface area contributed by atoms with Crippen molar-refractivity contribution in [1.29, 1.82) is 0 Å². The molecule has 0 aromatic rings. The maximum Gasteiger partial charge on any atom is 0.0337 e. The molecule has 1 saturated carbocycles. The first kappa shape index (κ1) is 11.3. The SMILES string of the molecule is CCN(CCN)C1CCC(Cl)CC1. The van der Waals surface area contributed by atoms with E-state index < -0.39 is 0 Å². The lowest BCUT2D eigenvalue weighted by Gasteiger charge is -2.34. The fraction of sp³-hybridized carbons (Fsp3) is 1.00. The van der Waals surface area contributed by atoms with Crippen LogP contribution in [0.15, 0.2) is 0 Å². The van der Waals surface area contributed by atoms with Crippen LogP contribution in [-0.4, -0.2) is 36.0 Å². The summed E-state index contributed by atoms with van der Waals surface area (Å²) in [5.41, 5.74) is 5.57. The fourth-order valence-electron chi connectivity index (χ4n) is 2.16. The third-order valence-corrected chi connectivity index (χ3v) is 3.40. The standard InChI is InChI=1S/C10H21ClN2/c1-2-13(8-7-12)10-5-3-9(11)4-6-10/h9-10H,2-8,12H2,1H3. The molecule has 0 aromatic carbocycles. The summed E-state index contributed by atoms with van der Waals surface area (Å²) in [6.45, 7) is 5.14. The van der Waals surface area contributed by atoms with E-state index in [-0.39, 0.29) is 0 Å². The van der Waals surface area contributed by atoms with Crippen LogP contribution in [0, 0.1) is 0 Å². The van der Waals surface area contributed by atoms with E-state index in [1.165, 1.54) is 25.7 Å². The predicted octanol–water partition coefficient (Wildman–Crippen LogP) is 1.82. The molecule has 0 unspecified atom stereocenters. The number of likely N-dealkylation sites (N-methyl/N-ethyl adjacent to an activating group) is 1. The summed E-state index contributed by atoms with van der Waals surface area (Å²) in [6.07, 6.45) is 4.85. The Labute approximate surface area is 86.4 Å². The highest BCUT2D eigenvalue weighted by molar-refractivity contribution is 6.20. The number of hydrogen-bond acceptors (Lipinski definition) is 2. The maximum atomic E-state index is 6.06. The fourth-order valence-corrected chi connectivity index (χ4v) is 2.42. The van der Waals surface area contributed by atoms with Gasteiger partial charge in [0.2, 0.25) is 0 Å². The Morgan fingerprint density at radius 1 is 1.31 bits per heavy atom. The van der Waals surface area contributed by atoms with Crippen molar-refractivity contribution in [3.8, 4) is 0 Å². The van der Waals surface area contributed by atoms with Crippen LogP contribution in [0.1, 0.15) is 32.6 Å². The number of halogens is 1. The second kappa shape index (κ2) is 5.84. The van der Waals surface area contributed by atoms with Gasteiger partial charge in [-0.1, -0.05) is 6.92 Å². The van der Waals surface area contributed by atoms with Crippen molar-refractivity contribution < 1.29 is 0 Å². The third-order valence-electron chi connectivity index (χ3n) is 2.97. The van der Waals surface area contributed by atoms with Gasteiger partial charge in [0.15, 0.2) is 0 Å². The van der Waals surface area contributed by atoms with Gasteiger partial charge in [-0.25, -0.2) is 0 Å². The van der Waals surface area contributed by atoms with Crippen LogP contribution >= 0.6 is 11.6 Å². The van der Waals surface area contributed by atoms with E-state index in [1.54, 1.807) is 0 Å². The Morgan fingerprint density at radius 2 is 1.92 bits per heavy atom. The first-order valence-corrected chi connectivity index (χ1v) is 5.79. The van der Waals surface area contributed by atoms with E-state index in [1.807, 2.05) is 0 Å². The van der Waals surface area contributed by atoms with Crippen LogP contribution in [-0.2, 0) is 0 Å². The zero-order chi connectivity index (χ0) is 9.68. The summed E-state index contributed by atoms with van der Waals surface area (Å²) in [7, 11) is 0. The lowest BCUT2D eigenvalue weighted by Crippen LogP contribution is -2.40. The predicted molar refractivity (Wildman–Crippen MR) is 58.2 cm³/mol. The molecule has 1 aliphatic rings. The summed E-state index contributed by atoms with van der Waals surface area (Å²) < 4.78 is 0. The largest absolute Gasteiger partial charge is 0.329 e. The minimum absolute atomic E-state index is 0.424. The van der Waals surface area contributed by atoms with Crippen LogP contribution in [0.5, 0.6) is 0 Å². The normalized spacial score (nSPS) is 29.5. The highest BCUT2D eigenvalue weighted by Crippen LogP contribution is 2.25. The maximum absolute atomic E-state index is 6.06. The molecule has 13 heavy (non-hydrogen) atoms. The average Bonchev–Trinajstić information content (AvgIpc) is 2.16. The Morgan fingerprint density at radius 3 is 2.38 bits per heavy atom. The molecule has 1 aliphatic carbocycles. The summed E-state index contributed by atoms with van der Waals surface area (Å²) in [4.78, 5) is 2.49. The van der Waals surface area contributed by atoms with Crippen molar-refractivity contribution in [2.24, 2.45) is 5.73 Å². The van der Waals surface area contributed by atoms with Crippen molar-refractivity contribution in [2.75, 3.05) is 19.6 Å². The smallest absolute Gasteiger partial charge is 0.0337 e. The quantitative estimate of drug-likeness (QED) is 0.708. The molecule has 0 atom stereocenters. The molecule has 0 amide bonds. The Balaban J connectivity index is 2.32. The van der Waals surface area contributed by atoms with E-state index in [0.717, 1.165) is 25.7 Å². The number of alkyl halides is 1. The van der Waals surface area contributed by atoms with Crippen molar-refractivity contribution in [1.82, 2.24) is 4.90 Å². The highest BCUT2D eigenvalue weighted by Gasteiger charge is 2.23. The lowest BCUT2D eigenvalue weighted by atomic mass is 9.94. The lowest BCUT2D eigenvalue weighted by molar-refractivity contribution is 0.169. The van der Waals surface area contributed by atoms with Crippen molar-refractivity contribution in [2.45, 2.75) is 44.0 Å². The van der Waals surface area contributed by atoms with Crippen LogP contribution < -0.4 is 5.73 Å². The molecule has 0 bridgehead atoms. The molecule has 2 nitrogen and oxygen atoms in total. The molecule has 0 heterocycles. The van der Waals surface area contributed by atoms with Crippen molar-refractivity contribution in [3.63, 3.8) is 0 Å². The Kier molecular flexibility index (Phi) is 5.07. The van der Waals surface area contributed by atoms with E-state index in [2.05, 4.69) is 11.8 Å². The first-order valence-electron chi connectivity index (χ1n) is 5.36. The van der Waals surface area contributed by atoms with Gasteiger partial charge >= 0.3 is 0 Å². The van der Waals surface area contributed by atoms with Crippen LogP contribution in [0.4, 0.5) is 0 Å². The monoisotopic (exact) mass is 204 g/mol. The summed E-state index contributed by atoms with van der Waals surface area (Å²) >= 11 is 6.06. The molecule has 1 rings (SSSR count).